The molecule has 4 aromatic rings. The first-order valence-electron chi connectivity index (χ1n) is 46.4. The standard InChI is InChI=1S/C23H24O8S.C14H15BrO2S2.C14H14Cl2O2S2.C14H14O4S.C9H14O2S2.C9H14O2S.C8H12O2S.C7H10O2S.C7H10OS2/c1-14-4-3-5-18(10-28-20(14)24)30-22(26)16-6-8-17(9-7-16)23(27)31-19-11-29-21(25)15(2)12-32-13-19;1-10-6-18-8-11(9-19-7-10)17-14(16)12-4-2-3-5-13(12)15;1-9-5-19-7-11(8-20-6-9)18-14(17)12-3-2-10(15)4-13(12)16;1-10-8-19-9-12(7-17-13(10)15)18-14(16)11-5-3-2-4-6-11;1-7-4-12-6-9(13-5-7)3-11-8(2)10;1-6-5-12-8(3)4-7(2)11-9(6)10;1-6-5-11-4-3-7(2)10-8(6)9;1-6-5-10-4-2-3-9-7(6)8;1-6-5-10-4-2-3-8-7(6)9/h6-9,18-19H,1-5,10-13H2;2-5,11H,1,6-9H2;2-4,11H,1,5-8H2;2-6,12H,1,7-9H2;9H,1,3-6H2,2H3;7-8H,1,4-5H2,2-3H3;7H,1,3-5H2,2H3;2*1-5H2. The zero-order chi connectivity index (χ0) is 107. The van der Waals surface area contributed by atoms with Crippen molar-refractivity contribution in [1.29, 1.82) is 0 Å². The van der Waals surface area contributed by atoms with Gasteiger partial charge in [-0.1, -0.05) is 143 Å². The number of carbonyl (C=O) groups excluding carboxylic acids is 12. The van der Waals surface area contributed by atoms with Crippen molar-refractivity contribution in [3.63, 3.8) is 0 Å². The van der Waals surface area contributed by atoms with Crippen LogP contribution in [0.15, 0.2) is 223 Å². The van der Waals surface area contributed by atoms with Crippen molar-refractivity contribution < 1.29 is 119 Å². The lowest BCUT2D eigenvalue weighted by molar-refractivity contribution is -0.144. The average molecular weight is 2360 g/mol. The average Bonchev–Trinajstić information content (AvgIpc) is 0.876. The van der Waals surface area contributed by atoms with Crippen LogP contribution in [0.3, 0.4) is 0 Å². The molecule has 10 aliphatic rings. The van der Waals surface area contributed by atoms with Gasteiger partial charge in [-0.25, -0.2) is 52.7 Å². The third-order valence-corrected chi connectivity index (χ3v) is 36.3. The molecule has 10 heterocycles. The number of carbonyl (C=O) groups is 12. The number of benzene rings is 4. The predicted molar refractivity (Wildman–Crippen MR) is 615 cm³/mol. The van der Waals surface area contributed by atoms with Gasteiger partial charge in [0.25, 0.3) is 0 Å². The number of thioether (sulfide) groups is 12. The van der Waals surface area contributed by atoms with Crippen molar-refractivity contribution in [1.82, 2.24) is 0 Å². The van der Waals surface area contributed by atoms with Gasteiger partial charge in [0.2, 0.25) is 0 Å². The maximum atomic E-state index is 12.4. The lowest BCUT2D eigenvalue weighted by atomic mass is 10.1. The zero-order valence-corrected chi connectivity index (χ0v) is 96.1. The van der Waals surface area contributed by atoms with Crippen molar-refractivity contribution in [3.05, 3.63) is 261 Å². The summed E-state index contributed by atoms with van der Waals surface area (Å²) in [6.45, 7) is 46.9. The highest BCUT2D eigenvalue weighted by Crippen LogP contribution is 2.32. The summed E-state index contributed by atoms with van der Waals surface area (Å²) in [5.41, 5.74) is 9.66. The van der Waals surface area contributed by atoms with Gasteiger partial charge in [0, 0.05) is 175 Å². The number of hydrogen-bond donors (Lipinski definition) is 0. The minimum absolute atomic E-state index is 0.0225. The van der Waals surface area contributed by atoms with Crippen LogP contribution in [0.2, 0.25) is 10.0 Å². The number of cyclic esters (lactones) is 6. The first kappa shape index (κ1) is 128. The Morgan fingerprint density at radius 2 is 0.795 bits per heavy atom. The number of halogens is 3. The van der Waals surface area contributed by atoms with E-state index in [9.17, 15) is 57.5 Å². The molecule has 0 radical (unpaired) electrons. The Labute approximate surface area is 932 Å². The highest BCUT2D eigenvalue weighted by atomic mass is 79.9. The molecule has 0 bridgehead atoms. The monoisotopic (exact) mass is 2350 g/mol. The van der Waals surface area contributed by atoms with E-state index in [1.165, 1.54) is 71.4 Å². The maximum absolute atomic E-state index is 12.4. The second-order valence-corrected chi connectivity index (χ2v) is 48.7. The van der Waals surface area contributed by atoms with Crippen LogP contribution in [0.1, 0.15) is 124 Å². The van der Waals surface area contributed by atoms with Crippen LogP contribution in [-0.2, 0) is 95.1 Å². The van der Waals surface area contributed by atoms with Crippen molar-refractivity contribution in [2.45, 2.75) is 126 Å². The molecule has 0 amide bonds. The Balaban J connectivity index is 0.000000258. The van der Waals surface area contributed by atoms with Crippen LogP contribution in [0.4, 0.5) is 0 Å². The third kappa shape index (κ3) is 53.4. The number of esters is 12. The maximum Gasteiger partial charge on any atom is 0.339 e. The number of rotatable bonds is 12. The molecular weight excluding hydrogens is 2230 g/mol. The second-order valence-electron chi connectivity index (χ2n) is 33.4. The summed E-state index contributed by atoms with van der Waals surface area (Å²) in [4.78, 5) is 139. The fourth-order valence-electron chi connectivity index (χ4n) is 12.3. The van der Waals surface area contributed by atoms with Gasteiger partial charge >= 0.3 is 71.6 Å². The van der Waals surface area contributed by atoms with Crippen LogP contribution < -0.4 is 0 Å². The van der Waals surface area contributed by atoms with Gasteiger partial charge in [0.1, 0.15) is 69.2 Å². The van der Waals surface area contributed by atoms with E-state index < -0.39 is 60.1 Å². The van der Waals surface area contributed by atoms with E-state index in [4.69, 9.17) is 97.0 Å². The lowest BCUT2D eigenvalue weighted by Gasteiger charge is -2.21. The summed E-state index contributed by atoms with van der Waals surface area (Å²) in [6, 6.07) is 26.7. The molecule has 25 nitrogen and oxygen atoms in total. The second kappa shape index (κ2) is 72.6. The minimum Gasteiger partial charge on any atom is -0.483 e. The first-order valence-corrected chi connectivity index (χ1v) is 62.0. The van der Waals surface area contributed by atoms with E-state index in [0.29, 0.717) is 143 Å². The van der Waals surface area contributed by atoms with Gasteiger partial charge in [0.15, 0.2) is 5.05 Å². The number of thiocarbonyl (C=S) groups is 1. The Bertz CT molecular complexity index is 4990. The number of hydrogen-bond acceptors (Lipinski definition) is 38. The summed E-state index contributed by atoms with van der Waals surface area (Å²) in [6.07, 6.45) is 4.07. The summed E-state index contributed by atoms with van der Waals surface area (Å²) in [5.74, 6) is 13.9. The van der Waals surface area contributed by atoms with Gasteiger partial charge in [0.05, 0.1) is 46.1 Å². The molecule has 10 saturated heterocycles. The number of ether oxygens (including phenoxy) is 13. The third-order valence-electron chi connectivity index (χ3n) is 20.1. The van der Waals surface area contributed by atoms with Crippen molar-refractivity contribution in [2.75, 3.05) is 166 Å². The van der Waals surface area contributed by atoms with Gasteiger partial charge in [-0.15, -0.1) is 11.8 Å². The van der Waals surface area contributed by atoms with Crippen LogP contribution in [0.25, 0.3) is 0 Å². The molecule has 4 aromatic carbocycles. The Hall–Kier alpha value is -6.93. The zero-order valence-electron chi connectivity index (χ0n) is 82.4. The smallest absolute Gasteiger partial charge is 0.339 e. The van der Waals surface area contributed by atoms with Crippen LogP contribution >= 0.6 is 192 Å². The first-order chi connectivity index (χ1) is 69.8. The molecule has 796 valence electrons. The van der Waals surface area contributed by atoms with E-state index >= 15 is 0 Å². The lowest BCUT2D eigenvalue weighted by Crippen LogP contribution is -2.30. The molecule has 10 aliphatic heterocycles. The summed E-state index contributed by atoms with van der Waals surface area (Å²) in [7, 11) is 0. The molecule has 41 heteroatoms. The molecule has 14 rings (SSSR count). The Morgan fingerprint density at radius 3 is 1.32 bits per heavy atom. The molecule has 7 unspecified atom stereocenters. The fraction of sp³-hybridized carbons (Fsp3) is 0.457. The molecular formula is C105H127BrCl2O25S13. The summed E-state index contributed by atoms with van der Waals surface area (Å²) < 4.78 is 68.5. The Kier molecular flexibility index (Phi) is 63.5. The van der Waals surface area contributed by atoms with Crippen LogP contribution in [0, 0.1) is 0 Å². The summed E-state index contributed by atoms with van der Waals surface area (Å²) in [5, 5.41) is 2.41. The SMILES string of the molecule is C=C1CCCC(OC(=O)c2ccc(C(=O)OC3COC(=O)C(=C)CSC3)cc2)COC1=O.C=C1CSC(C)CC(C)OC1=O.C=C1CSCC(COC(C)=O)SC1.C=C1CSCC(OC(=O)c2ccc(Cl)cc2Cl)CSC1.C=C1CSCC(OC(=O)c2ccccc2)COC1=O.C=C1CSCC(OC(=O)c2ccccc2Br)CSC1.C=C1CSCCC(C)OC1=O.C=C1CSCCCOC1=O.C=C1CSCCCOC1=S. The largest absolute Gasteiger partial charge is 0.483 e. The van der Waals surface area contributed by atoms with E-state index in [0.717, 1.165) is 134 Å². The van der Waals surface area contributed by atoms with Crippen molar-refractivity contribution in [3.8, 4) is 0 Å². The van der Waals surface area contributed by atoms with Crippen molar-refractivity contribution in [2.24, 2.45) is 0 Å². The fourth-order valence-corrected chi connectivity index (χ4v) is 25.7. The van der Waals surface area contributed by atoms with E-state index in [2.05, 4.69) is 88.6 Å². The van der Waals surface area contributed by atoms with Gasteiger partial charge in [-0.05, 0) is 171 Å². The highest BCUT2D eigenvalue weighted by Gasteiger charge is 2.30. The highest BCUT2D eigenvalue weighted by molar-refractivity contribution is 9.10. The van der Waals surface area contributed by atoms with E-state index in [1.54, 1.807) is 131 Å². The van der Waals surface area contributed by atoms with Crippen molar-refractivity contribution >= 4 is 269 Å². The molecule has 0 aliphatic carbocycles. The van der Waals surface area contributed by atoms with Crippen LogP contribution in [0.5, 0.6) is 0 Å². The normalized spacial score (nSPS) is 21.9. The molecule has 7 atom stereocenters. The summed E-state index contributed by atoms with van der Waals surface area (Å²) >= 11 is 41.0. The molecule has 146 heavy (non-hydrogen) atoms. The molecule has 0 saturated carbocycles. The quantitative estimate of drug-likeness (QED) is 0.0418. The topological polar surface area (TPSA) is 325 Å². The van der Waals surface area contributed by atoms with Crippen LogP contribution in [-0.4, -0.2) is 296 Å². The molecule has 0 spiro atoms. The van der Waals surface area contributed by atoms with Gasteiger partial charge in [-0.2, -0.15) is 129 Å². The molecule has 0 aromatic heterocycles. The predicted octanol–water partition coefficient (Wildman–Crippen LogP) is 22.3. The van der Waals surface area contributed by atoms with Gasteiger partial charge < -0.3 is 61.6 Å². The van der Waals surface area contributed by atoms with Gasteiger partial charge in [-0.3, -0.25) is 4.79 Å². The van der Waals surface area contributed by atoms with E-state index in [1.807, 2.05) is 73.4 Å². The molecule has 10 fully saturated rings. The minimum atomic E-state index is -0.585. The molecule has 0 N–H and O–H groups in total. The Morgan fingerprint density at radius 1 is 0.390 bits per heavy atom. The van der Waals surface area contributed by atoms with E-state index in [-0.39, 0.29) is 85.2 Å².